The molecule has 0 fully saturated rings. The van der Waals surface area contributed by atoms with Gasteiger partial charge in [-0.1, -0.05) is 6.92 Å². The highest BCUT2D eigenvalue weighted by Crippen LogP contribution is 2.26. The number of hydrogen-bond acceptors (Lipinski definition) is 4. The Labute approximate surface area is 188 Å². The Hall–Kier alpha value is -1.85. The zero-order valence-corrected chi connectivity index (χ0v) is 19.6. The second-order valence-corrected chi connectivity index (χ2v) is 6.10. The molecule has 1 aromatic rings. The molecule has 166 valence electrons. The molecule has 0 spiro atoms. The van der Waals surface area contributed by atoms with Gasteiger partial charge in [-0.15, -0.1) is 24.0 Å². The summed E-state index contributed by atoms with van der Waals surface area (Å²) < 4.78 is 34.9. The first-order chi connectivity index (χ1) is 13.4. The number of alkyl halides is 2. The SMILES string of the molecule is CCNC(=NCc1cc(OC)ccc1OC(F)F)NCCC(=O)NC(C)CC.I. The number of carbonyl (C=O) groups is 1. The Morgan fingerprint density at radius 3 is 2.55 bits per heavy atom. The molecule has 0 bridgehead atoms. The largest absolute Gasteiger partial charge is 0.497 e. The summed E-state index contributed by atoms with van der Waals surface area (Å²) in [6.07, 6.45) is 1.17. The van der Waals surface area contributed by atoms with Crippen LogP contribution in [0, 0.1) is 0 Å². The van der Waals surface area contributed by atoms with Gasteiger partial charge < -0.3 is 25.4 Å². The quantitative estimate of drug-likeness (QED) is 0.233. The summed E-state index contributed by atoms with van der Waals surface area (Å²) in [6, 6.07) is 4.71. The highest BCUT2D eigenvalue weighted by Gasteiger charge is 2.11. The maximum atomic E-state index is 12.6. The molecule has 7 nitrogen and oxygen atoms in total. The van der Waals surface area contributed by atoms with Gasteiger partial charge in [-0.25, -0.2) is 4.99 Å². The Bertz CT molecular complexity index is 648. The zero-order valence-electron chi connectivity index (χ0n) is 17.3. The molecule has 0 saturated heterocycles. The van der Waals surface area contributed by atoms with Crippen LogP contribution in [0.25, 0.3) is 0 Å². The van der Waals surface area contributed by atoms with Gasteiger partial charge in [-0.05, 0) is 38.5 Å². The fraction of sp³-hybridized carbons (Fsp3) is 0.579. The van der Waals surface area contributed by atoms with E-state index in [4.69, 9.17) is 4.74 Å². The molecule has 1 rings (SSSR count). The third-order valence-electron chi connectivity index (χ3n) is 3.90. The molecule has 1 amide bonds. The lowest BCUT2D eigenvalue weighted by atomic mass is 10.2. The van der Waals surface area contributed by atoms with Crippen molar-refractivity contribution >= 4 is 35.8 Å². The summed E-state index contributed by atoms with van der Waals surface area (Å²) >= 11 is 0. The van der Waals surface area contributed by atoms with E-state index in [2.05, 4.69) is 25.7 Å². The minimum atomic E-state index is -2.92. The van der Waals surface area contributed by atoms with Gasteiger partial charge in [0.2, 0.25) is 5.91 Å². The lowest BCUT2D eigenvalue weighted by molar-refractivity contribution is -0.121. The maximum absolute atomic E-state index is 12.6. The lowest BCUT2D eigenvalue weighted by Gasteiger charge is -2.14. The van der Waals surface area contributed by atoms with E-state index in [9.17, 15) is 13.6 Å². The van der Waals surface area contributed by atoms with Crippen LogP contribution < -0.4 is 25.4 Å². The topological polar surface area (TPSA) is 84.0 Å². The summed E-state index contributed by atoms with van der Waals surface area (Å²) in [5, 5.41) is 9.00. The van der Waals surface area contributed by atoms with Crippen LogP contribution in [0.5, 0.6) is 11.5 Å². The van der Waals surface area contributed by atoms with Crippen molar-refractivity contribution in [3.05, 3.63) is 23.8 Å². The minimum Gasteiger partial charge on any atom is -0.497 e. The molecule has 10 heteroatoms. The zero-order chi connectivity index (χ0) is 20.9. The number of rotatable bonds is 11. The first-order valence-corrected chi connectivity index (χ1v) is 9.32. The molecule has 1 unspecified atom stereocenters. The van der Waals surface area contributed by atoms with E-state index in [-0.39, 0.29) is 48.2 Å². The van der Waals surface area contributed by atoms with Crippen molar-refractivity contribution in [1.29, 1.82) is 0 Å². The fourth-order valence-corrected chi connectivity index (χ4v) is 2.27. The number of benzene rings is 1. The van der Waals surface area contributed by atoms with Crippen LogP contribution in [-0.4, -0.2) is 44.7 Å². The molecule has 0 aromatic heterocycles. The Balaban J connectivity index is 0.00000784. The maximum Gasteiger partial charge on any atom is 0.387 e. The van der Waals surface area contributed by atoms with Crippen molar-refractivity contribution in [3.63, 3.8) is 0 Å². The molecule has 3 N–H and O–H groups in total. The van der Waals surface area contributed by atoms with E-state index >= 15 is 0 Å². The van der Waals surface area contributed by atoms with E-state index in [1.165, 1.54) is 13.2 Å². The molecular formula is C19H31F2IN4O3. The summed E-state index contributed by atoms with van der Waals surface area (Å²) in [5.41, 5.74) is 0.464. The first-order valence-electron chi connectivity index (χ1n) is 9.32. The highest BCUT2D eigenvalue weighted by atomic mass is 127. The summed E-state index contributed by atoms with van der Waals surface area (Å²) in [5.74, 6) is 0.998. The van der Waals surface area contributed by atoms with Crippen molar-refractivity contribution < 1.29 is 23.0 Å². The van der Waals surface area contributed by atoms with E-state index in [0.717, 1.165) is 6.42 Å². The van der Waals surface area contributed by atoms with E-state index in [1.54, 1.807) is 12.1 Å². The molecular weight excluding hydrogens is 497 g/mol. The molecule has 1 aromatic carbocycles. The molecule has 0 aliphatic carbocycles. The summed E-state index contributed by atoms with van der Waals surface area (Å²) in [7, 11) is 1.49. The normalized spacial score (nSPS) is 12.0. The summed E-state index contributed by atoms with van der Waals surface area (Å²) in [6.45, 7) is 4.05. The Kier molecular flexibility index (Phi) is 14.1. The molecule has 29 heavy (non-hydrogen) atoms. The highest BCUT2D eigenvalue weighted by molar-refractivity contribution is 14.0. The molecule has 1 atom stereocenters. The second-order valence-electron chi connectivity index (χ2n) is 6.10. The number of ether oxygens (including phenoxy) is 2. The number of amides is 1. The van der Waals surface area contributed by atoms with Crippen LogP contribution in [0.1, 0.15) is 39.2 Å². The first kappa shape index (κ1) is 27.1. The van der Waals surface area contributed by atoms with Gasteiger partial charge in [0.15, 0.2) is 5.96 Å². The fourth-order valence-electron chi connectivity index (χ4n) is 2.27. The van der Waals surface area contributed by atoms with Crippen LogP contribution in [-0.2, 0) is 11.3 Å². The second kappa shape index (κ2) is 15.1. The van der Waals surface area contributed by atoms with Crippen LogP contribution in [0.15, 0.2) is 23.2 Å². The van der Waals surface area contributed by atoms with Crippen LogP contribution >= 0.6 is 24.0 Å². The van der Waals surface area contributed by atoms with Crippen molar-refractivity contribution in [1.82, 2.24) is 16.0 Å². The number of guanidine groups is 1. The van der Waals surface area contributed by atoms with Crippen molar-refractivity contribution in [2.24, 2.45) is 4.99 Å². The van der Waals surface area contributed by atoms with Crippen molar-refractivity contribution in [2.45, 2.75) is 52.8 Å². The Morgan fingerprint density at radius 2 is 1.97 bits per heavy atom. The van der Waals surface area contributed by atoms with Gasteiger partial charge in [0.25, 0.3) is 0 Å². The van der Waals surface area contributed by atoms with E-state index in [1.807, 2.05) is 20.8 Å². The number of halogens is 3. The van der Waals surface area contributed by atoms with Crippen LogP contribution in [0.2, 0.25) is 0 Å². The van der Waals surface area contributed by atoms with Gasteiger partial charge in [0, 0.05) is 31.1 Å². The molecule has 0 radical (unpaired) electrons. The van der Waals surface area contributed by atoms with Gasteiger partial charge in [-0.3, -0.25) is 4.79 Å². The molecule has 0 aliphatic rings. The number of aliphatic imine (C=N–C) groups is 1. The number of nitrogens with zero attached hydrogens (tertiary/aromatic N) is 1. The standard InChI is InChI=1S/C19H30F2N4O3.HI/c1-5-13(3)25-17(26)9-10-23-19(22-6-2)24-12-14-11-15(27-4)7-8-16(14)28-18(20)21;/h7-8,11,13,18H,5-6,9-10,12H2,1-4H3,(H,25,26)(H2,22,23,24);1H. The third-order valence-corrected chi connectivity index (χ3v) is 3.90. The van der Waals surface area contributed by atoms with Crippen molar-refractivity contribution in [3.8, 4) is 11.5 Å². The number of carbonyl (C=O) groups excluding carboxylic acids is 1. The average Bonchev–Trinajstić information content (AvgIpc) is 2.66. The Morgan fingerprint density at radius 1 is 1.24 bits per heavy atom. The molecule has 0 heterocycles. The molecule has 0 aliphatic heterocycles. The van der Waals surface area contributed by atoms with Gasteiger partial charge >= 0.3 is 6.61 Å². The smallest absolute Gasteiger partial charge is 0.387 e. The monoisotopic (exact) mass is 528 g/mol. The van der Waals surface area contributed by atoms with Gasteiger partial charge in [-0.2, -0.15) is 8.78 Å². The van der Waals surface area contributed by atoms with Gasteiger partial charge in [0.05, 0.1) is 13.7 Å². The number of methoxy groups -OCH3 is 1. The van der Waals surface area contributed by atoms with E-state index < -0.39 is 6.61 Å². The number of nitrogens with one attached hydrogen (secondary N) is 3. The summed E-state index contributed by atoms with van der Waals surface area (Å²) in [4.78, 5) is 16.2. The minimum absolute atomic E-state index is 0. The van der Waals surface area contributed by atoms with Crippen LogP contribution in [0.4, 0.5) is 8.78 Å². The van der Waals surface area contributed by atoms with Crippen molar-refractivity contribution in [2.75, 3.05) is 20.2 Å². The molecule has 0 saturated carbocycles. The van der Waals surface area contributed by atoms with Crippen LogP contribution in [0.3, 0.4) is 0 Å². The van der Waals surface area contributed by atoms with E-state index in [0.29, 0.717) is 36.8 Å². The number of hydrogen-bond donors (Lipinski definition) is 3. The average molecular weight is 528 g/mol. The lowest BCUT2D eigenvalue weighted by Crippen LogP contribution is -2.40. The predicted molar refractivity (Wildman–Crippen MR) is 120 cm³/mol. The van der Waals surface area contributed by atoms with Gasteiger partial charge in [0.1, 0.15) is 11.5 Å². The third kappa shape index (κ3) is 11.1. The predicted octanol–water partition coefficient (Wildman–Crippen LogP) is 3.27.